The fourth-order valence-corrected chi connectivity index (χ4v) is 2.98. The summed E-state index contributed by atoms with van der Waals surface area (Å²) in [5.74, 6) is 0. The van der Waals surface area contributed by atoms with Crippen LogP contribution in [0.3, 0.4) is 0 Å². The molecule has 3 rings (SSSR count). The van der Waals surface area contributed by atoms with Gasteiger partial charge in [-0.2, -0.15) is 4.57 Å². The Balaban J connectivity index is 0.000000168. The van der Waals surface area contributed by atoms with E-state index in [1.165, 1.54) is 12.1 Å². The Labute approximate surface area is 139 Å². The van der Waals surface area contributed by atoms with Crippen LogP contribution in [0.1, 0.15) is 5.56 Å². The van der Waals surface area contributed by atoms with E-state index >= 15 is 0 Å². The molecule has 0 saturated heterocycles. The smallest absolute Gasteiger partial charge is 0.411 e. The summed E-state index contributed by atoms with van der Waals surface area (Å²) in [6.45, 7) is 1.82. The van der Waals surface area contributed by atoms with Crippen molar-refractivity contribution in [2.24, 2.45) is 7.05 Å². The summed E-state index contributed by atoms with van der Waals surface area (Å²) >= 11 is 1.62. The maximum Gasteiger partial charge on any atom is 0.411 e. The van der Waals surface area contributed by atoms with Crippen molar-refractivity contribution < 1.29 is 22.0 Å². The fourth-order valence-electron chi connectivity index (χ4n) is 1.96. The van der Waals surface area contributed by atoms with Crippen LogP contribution in [-0.4, -0.2) is 19.2 Å². The van der Waals surface area contributed by atoms with E-state index < -0.39 is 10.1 Å². The van der Waals surface area contributed by atoms with Gasteiger partial charge in [0.2, 0.25) is 5.58 Å². The average Bonchev–Trinajstić information content (AvgIpc) is 2.84. The number of thioether (sulfide) groups is 1. The largest absolute Gasteiger partial charge is 0.744 e. The lowest BCUT2D eigenvalue weighted by Gasteiger charge is -2.05. The number of aryl methyl sites for hydroxylation is 2. The fraction of sp³-hybridized carbons (Fsp3) is 0.188. The minimum atomic E-state index is -4.27. The van der Waals surface area contributed by atoms with E-state index in [0.717, 1.165) is 21.9 Å². The van der Waals surface area contributed by atoms with Gasteiger partial charge in [0.1, 0.15) is 17.2 Å². The second kappa shape index (κ2) is 7.16. The highest BCUT2D eigenvalue weighted by Gasteiger charge is 2.16. The third-order valence-electron chi connectivity index (χ3n) is 3.18. The van der Waals surface area contributed by atoms with Crippen molar-refractivity contribution in [3.05, 3.63) is 54.1 Å². The Kier molecular flexibility index (Phi) is 5.46. The SMILES string of the molecule is CSc1oc2ccccc2[n+]1C.Cc1ccc(S(=O)(=O)[O-])cc1. The number of oxazole rings is 1. The predicted molar refractivity (Wildman–Crippen MR) is 88.3 cm³/mol. The highest BCUT2D eigenvalue weighted by atomic mass is 32.2. The zero-order valence-electron chi connectivity index (χ0n) is 13.0. The third kappa shape index (κ3) is 4.34. The molecule has 0 saturated carbocycles. The quantitative estimate of drug-likeness (QED) is 0.403. The molecule has 0 N–H and O–H groups in total. The van der Waals surface area contributed by atoms with Gasteiger partial charge in [-0.1, -0.05) is 29.8 Å². The highest BCUT2D eigenvalue weighted by Crippen LogP contribution is 2.18. The number of fused-ring (bicyclic) bond motifs is 1. The second-order valence-electron chi connectivity index (χ2n) is 4.87. The molecule has 0 radical (unpaired) electrons. The first-order valence-electron chi connectivity index (χ1n) is 6.77. The Hall–Kier alpha value is -1.83. The van der Waals surface area contributed by atoms with Gasteiger partial charge in [0.15, 0.2) is 0 Å². The number of hydrogen-bond donors (Lipinski definition) is 0. The van der Waals surface area contributed by atoms with E-state index in [0.29, 0.717) is 0 Å². The summed E-state index contributed by atoms with van der Waals surface area (Å²) < 4.78 is 38.8. The summed E-state index contributed by atoms with van der Waals surface area (Å²) in [6, 6.07) is 13.8. The van der Waals surface area contributed by atoms with E-state index in [1.807, 2.05) is 38.4 Å². The molecule has 7 heteroatoms. The van der Waals surface area contributed by atoms with Gasteiger partial charge in [0.05, 0.1) is 4.90 Å². The van der Waals surface area contributed by atoms with Crippen LogP contribution in [0.4, 0.5) is 0 Å². The highest BCUT2D eigenvalue weighted by molar-refractivity contribution is 7.98. The first-order valence-corrected chi connectivity index (χ1v) is 9.40. The van der Waals surface area contributed by atoms with Crippen molar-refractivity contribution in [2.75, 3.05) is 6.26 Å². The zero-order chi connectivity index (χ0) is 17.0. The van der Waals surface area contributed by atoms with Crippen LogP contribution in [0.15, 0.2) is 63.1 Å². The molecule has 0 spiro atoms. The molecule has 2 aromatic carbocycles. The van der Waals surface area contributed by atoms with Crippen molar-refractivity contribution in [3.8, 4) is 0 Å². The number of aromatic nitrogens is 1. The van der Waals surface area contributed by atoms with Crippen LogP contribution in [-0.2, 0) is 17.2 Å². The van der Waals surface area contributed by atoms with Gasteiger partial charge >= 0.3 is 5.22 Å². The van der Waals surface area contributed by atoms with Crippen LogP contribution in [0.2, 0.25) is 0 Å². The summed E-state index contributed by atoms with van der Waals surface area (Å²) in [5.41, 5.74) is 3.02. The Bertz CT molecular complexity index is 899. The number of rotatable bonds is 2. The molecule has 0 fully saturated rings. The maximum atomic E-state index is 10.4. The molecule has 0 bridgehead atoms. The second-order valence-corrected chi connectivity index (χ2v) is 7.00. The van der Waals surface area contributed by atoms with Crippen LogP contribution in [0.25, 0.3) is 11.1 Å². The molecular formula is C16H17NO4S2. The third-order valence-corrected chi connectivity index (χ3v) is 4.74. The van der Waals surface area contributed by atoms with Crippen molar-refractivity contribution in [1.29, 1.82) is 0 Å². The number of hydrogen-bond acceptors (Lipinski definition) is 5. The normalized spacial score (nSPS) is 11.1. The van der Waals surface area contributed by atoms with Crippen molar-refractivity contribution in [3.63, 3.8) is 0 Å². The zero-order valence-corrected chi connectivity index (χ0v) is 14.6. The van der Waals surface area contributed by atoms with Gasteiger partial charge in [-0.05, 0) is 43.1 Å². The number of benzene rings is 2. The lowest BCUT2D eigenvalue weighted by atomic mass is 10.2. The lowest BCUT2D eigenvalue weighted by molar-refractivity contribution is -0.692. The van der Waals surface area contributed by atoms with Crippen LogP contribution in [0, 0.1) is 6.92 Å². The molecule has 3 aromatic rings. The first kappa shape index (κ1) is 17.5. The Morgan fingerprint density at radius 1 is 1.09 bits per heavy atom. The molecule has 1 aromatic heterocycles. The number of para-hydroxylation sites is 2. The van der Waals surface area contributed by atoms with Crippen LogP contribution in [0.5, 0.6) is 0 Å². The maximum absolute atomic E-state index is 10.4. The molecule has 0 aliphatic rings. The summed E-state index contributed by atoms with van der Waals surface area (Å²) in [6.07, 6.45) is 2.01. The van der Waals surface area contributed by atoms with Crippen LogP contribution >= 0.6 is 11.8 Å². The molecule has 0 atom stereocenters. The van der Waals surface area contributed by atoms with Gasteiger partial charge in [-0.3, -0.25) is 0 Å². The molecule has 0 aliphatic heterocycles. The molecular weight excluding hydrogens is 334 g/mol. The Morgan fingerprint density at radius 3 is 2.22 bits per heavy atom. The summed E-state index contributed by atoms with van der Waals surface area (Å²) in [7, 11) is -2.26. The Morgan fingerprint density at radius 2 is 1.70 bits per heavy atom. The molecule has 0 aliphatic carbocycles. The molecule has 0 amide bonds. The van der Waals surface area contributed by atoms with E-state index in [-0.39, 0.29) is 4.90 Å². The van der Waals surface area contributed by atoms with Gasteiger partial charge in [0, 0.05) is 6.07 Å². The van der Waals surface area contributed by atoms with Crippen molar-refractivity contribution in [2.45, 2.75) is 17.0 Å². The minimum absolute atomic E-state index is 0.178. The van der Waals surface area contributed by atoms with Gasteiger partial charge < -0.3 is 8.97 Å². The first-order chi connectivity index (χ1) is 10.8. The molecule has 1 heterocycles. The van der Waals surface area contributed by atoms with Crippen molar-refractivity contribution >= 4 is 33.0 Å². The minimum Gasteiger partial charge on any atom is -0.744 e. The molecule has 122 valence electrons. The molecule has 5 nitrogen and oxygen atoms in total. The van der Waals surface area contributed by atoms with E-state index in [2.05, 4.69) is 10.6 Å². The monoisotopic (exact) mass is 351 g/mol. The van der Waals surface area contributed by atoms with E-state index in [4.69, 9.17) is 4.42 Å². The van der Waals surface area contributed by atoms with Gasteiger partial charge in [-0.15, -0.1) is 0 Å². The van der Waals surface area contributed by atoms with Crippen molar-refractivity contribution in [1.82, 2.24) is 0 Å². The molecule has 0 unspecified atom stereocenters. The summed E-state index contributed by atoms with van der Waals surface area (Å²) in [5, 5.41) is 0.941. The lowest BCUT2D eigenvalue weighted by Crippen LogP contribution is -2.28. The molecule has 23 heavy (non-hydrogen) atoms. The van der Waals surface area contributed by atoms with E-state index in [9.17, 15) is 13.0 Å². The van der Waals surface area contributed by atoms with Crippen LogP contribution < -0.4 is 4.57 Å². The van der Waals surface area contributed by atoms with E-state index in [1.54, 1.807) is 23.9 Å². The number of nitrogens with zero attached hydrogens (tertiary/aromatic N) is 1. The van der Waals surface area contributed by atoms with Gasteiger partial charge in [0.25, 0.3) is 5.52 Å². The standard InChI is InChI=1S/C9H10NOS.C7H8O3S/c1-10-7-5-3-4-6-8(7)11-9(10)12-2;1-6-2-4-7(5-3-6)11(8,9)10/h3-6H,1-2H3;2-5H,1H3,(H,8,9,10)/q+1;/p-1. The average molecular weight is 351 g/mol. The predicted octanol–water partition coefficient (Wildman–Crippen LogP) is 2.88. The summed E-state index contributed by atoms with van der Waals surface area (Å²) in [4.78, 5) is -0.178. The van der Waals surface area contributed by atoms with Gasteiger partial charge in [-0.25, -0.2) is 8.42 Å². The topological polar surface area (TPSA) is 74.2 Å².